The average Bonchev–Trinajstić information content (AvgIpc) is 3.37. The Morgan fingerprint density at radius 2 is 1.05 bits per heavy atom. The average molecular weight is 569 g/mol. The molecular formula is C42H29Cl. The summed E-state index contributed by atoms with van der Waals surface area (Å²) < 4.78 is 0. The quantitative estimate of drug-likeness (QED) is 0.181. The Labute approximate surface area is 257 Å². The van der Waals surface area contributed by atoms with Crippen LogP contribution in [0.2, 0.25) is 5.02 Å². The highest BCUT2D eigenvalue weighted by atomic mass is 35.5. The van der Waals surface area contributed by atoms with Crippen LogP contribution in [0.25, 0.3) is 21.9 Å². The van der Waals surface area contributed by atoms with E-state index in [1.165, 1.54) is 60.8 Å². The van der Waals surface area contributed by atoms with Crippen LogP contribution in [0, 0.1) is 0 Å². The van der Waals surface area contributed by atoms with E-state index in [9.17, 15) is 0 Å². The van der Waals surface area contributed by atoms with Gasteiger partial charge in [-0.1, -0.05) is 169 Å². The van der Waals surface area contributed by atoms with Crippen LogP contribution in [0.5, 0.6) is 0 Å². The summed E-state index contributed by atoms with van der Waals surface area (Å²) in [6, 6.07) is 61.8. The summed E-state index contributed by atoms with van der Waals surface area (Å²) in [7, 11) is 0. The minimum absolute atomic E-state index is 0.0369. The number of hydrogen-bond donors (Lipinski definition) is 0. The van der Waals surface area contributed by atoms with Crippen LogP contribution < -0.4 is 0 Å². The summed E-state index contributed by atoms with van der Waals surface area (Å²) >= 11 is 6.58. The molecule has 0 bridgehead atoms. The van der Waals surface area contributed by atoms with Gasteiger partial charge in [0.2, 0.25) is 0 Å². The maximum absolute atomic E-state index is 6.58. The fourth-order valence-corrected chi connectivity index (χ4v) is 7.56. The summed E-state index contributed by atoms with van der Waals surface area (Å²) in [4.78, 5) is 0. The van der Waals surface area contributed by atoms with Gasteiger partial charge in [-0.05, 0) is 73.0 Å². The summed E-state index contributed by atoms with van der Waals surface area (Å²) in [5.41, 5.74) is 11.0. The van der Waals surface area contributed by atoms with Crippen molar-refractivity contribution in [2.24, 2.45) is 0 Å². The van der Waals surface area contributed by atoms with E-state index in [1.807, 2.05) is 6.07 Å². The molecule has 0 fully saturated rings. The van der Waals surface area contributed by atoms with E-state index in [0.29, 0.717) is 0 Å². The Balaban J connectivity index is 1.49. The minimum Gasteiger partial charge on any atom is -0.0843 e. The Bertz CT molecular complexity index is 2040. The summed E-state index contributed by atoms with van der Waals surface area (Å²) in [6.45, 7) is 0. The van der Waals surface area contributed by atoms with Crippen molar-refractivity contribution in [3.63, 3.8) is 0 Å². The van der Waals surface area contributed by atoms with Crippen LogP contribution in [-0.2, 0) is 5.41 Å². The lowest BCUT2D eigenvalue weighted by Crippen LogP contribution is -2.28. The van der Waals surface area contributed by atoms with Crippen molar-refractivity contribution in [3.8, 4) is 11.1 Å². The third kappa shape index (κ3) is 4.06. The lowest BCUT2D eigenvalue weighted by atomic mass is 9.67. The van der Waals surface area contributed by atoms with Crippen LogP contribution in [-0.4, -0.2) is 0 Å². The summed E-state index contributed by atoms with van der Waals surface area (Å²) in [6.07, 6.45) is 0. The monoisotopic (exact) mass is 568 g/mol. The molecule has 0 heterocycles. The van der Waals surface area contributed by atoms with Gasteiger partial charge in [0.1, 0.15) is 0 Å². The maximum atomic E-state index is 6.58. The van der Waals surface area contributed by atoms with E-state index >= 15 is 0 Å². The number of halogens is 1. The molecule has 0 amide bonds. The lowest BCUT2D eigenvalue weighted by molar-refractivity contribution is 0.766. The third-order valence-corrected chi connectivity index (χ3v) is 9.35. The molecule has 0 saturated heterocycles. The van der Waals surface area contributed by atoms with Crippen LogP contribution in [0.1, 0.15) is 44.9 Å². The highest BCUT2D eigenvalue weighted by Crippen LogP contribution is 2.58. The number of hydrogen-bond acceptors (Lipinski definition) is 0. The van der Waals surface area contributed by atoms with E-state index in [1.54, 1.807) is 0 Å². The predicted molar refractivity (Wildman–Crippen MR) is 180 cm³/mol. The van der Waals surface area contributed by atoms with Gasteiger partial charge in [0, 0.05) is 10.9 Å². The van der Waals surface area contributed by atoms with Gasteiger partial charge < -0.3 is 0 Å². The number of benzene rings is 7. The fraction of sp³-hybridized carbons (Fsp3) is 0.0476. The Hall–Kier alpha value is -4.91. The van der Waals surface area contributed by atoms with E-state index in [4.69, 9.17) is 11.6 Å². The predicted octanol–water partition coefficient (Wildman–Crippen LogP) is 11.0. The van der Waals surface area contributed by atoms with Crippen molar-refractivity contribution >= 4 is 22.4 Å². The first kappa shape index (κ1) is 25.8. The zero-order valence-electron chi connectivity index (χ0n) is 23.6. The molecule has 0 saturated carbocycles. The first-order valence-corrected chi connectivity index (χ1v) is 15.2. The Morgan fingerprint density at radius 3 is 1.74 bits per heavy atom. The molecule has 0 radical (unpaired) electrons. The van der Waals surface area contributed by atoms with E-state index in [-0.39, 0.29) is 5.92 Å². The Kier molecular flexibility index (Phi) is 6.25. The van der Waals surface area contributed by atoms with E-state index < -0.39 is 5.41 Å². The van der Waals surface area contributed by atoms with E-state index in [2.05, 4.69) is 164 Å². The van der Waals surface area contributed by atoms with Gasteiger partial charge in [-0.3, -0.25) is 0 Å². The number of fused-ring (bicyclic) bond motifs is 5. The van der Waals surface area contributed by atoms with Crippen molar-refractivity contribution in [3.05, 3.63) is 214 Å². The zero-order chi connectivity index (χ0) is 28.8. The molecule has 0 N–H and O–H groups in total. The molecule has 0 aliphatic heterocycles. The first-order valence-electron chi connectivity index (χ1n) is 14.8. The molecule has 7 aromatic carbocycles. The normalized spacial score (nSPS) is 13.8. The molecule has 204 valence electrons. The Morgan fingerprint density at radius 1 is 0.442 bits per heavy atom. The van der Waals surface area contributed by atoms with Crippen molar-refractivity contribution in [1.29, 1.82) is 0 Å². The molecule has 1 heteroatoms. The topological polar surface area (TPSA) is 0 Å². The molecule has 0 aromatic heterocycles. The van der Waals surface area contributed by atoms with Crippen molar-refractivity contribution in [1.82, 2.24) is 0 Å². The van der Waals surface area contributed by atoms with Crippen LogP contribution in [0.4, 0.5) is 0 Å². The summed E-state index contributed by atoms with van der Waals surface area (Å²) in [5.74, 6) is 0.0369. The SMILES string of the molecule is Clc1cccc(C(c2ccccc2)c2ccc3c(c2)C(c2ccccc2)(c2ccccc2)c2ccc4ccccc4c2-3)c1. The molecule has 1 unspecified atom stereocenters. The molecule has 1 atom stereocenters. The van der Waals surface area contributed by atoms with Crippen molar-refractivity contribution in [2.45, 2.75) is 11.3 Å². The van der Waals surface area contributed by atoms with Gasteiger partial charge in [-0.15, -0.1) is 0 Å². The van der Waals surface area contributed by atoms with Crippen molar-refractivity contribution < 1.29 is 0 Å². The fourth-order valence-electron chi connectivity index (χ4n) is 7.36. The van der Waals surface area contributed by atoms with Crippen LogP contribution in [0.3, 0.4) is 0 Å². The molecule has 1 aliphatic carbocycles. The molecule has 0 nitrogen and oxygen atoms in total. The highest BCUT2D eigenvalue weighted by Gasteiger charge is 2.47. The van der Waals surface area contributed by atoms with Gasteiger partial charge in [-0.2, -0.15) is 0 Å². The third-order valence-electron chi connectivity index (χ3n) is 9.11. The second-order valence-corrected chi connectivity index (χ2v) is 11.8. The second-order valence-electron chi connectivity index (χ2n) is 11.4. The summed E-state index contributed by atoms with van der Waals surface area (Å²) in [5, 5.41) is 3.30. The maximum Gasteiger partial charge on any atom is 0.0713 e. The van der Waals surface area contributed by atoms with Gasteiger partial charge in [0.15, 0.2) is 0 Å². The van der Waals surface area contributed by atoms with Crippen molar-refractivity contribution in [2.75, 3.05) is 0 Å². The largest absolute Gasteiger partial charge is 0.0843 e. The zero-order valence-corrected chi connectivity index (χ0v) is 24.4. The molecule has 7 aromatic rings. The highest BCUT2D eigenvalue weighted by molar-refractivity contribution is 6.30. The molecule has 0 spiro atoms. The number of rotatable bonds is 5. The van der Waals surface area contributed by atoms with Gasteiger partial charge in [0.05, 0.1) is 5.41 Å². The second kappa shape index (κ2) is 10.4. The molecule has 43 heavy (non-hydrogen) atoms. The molecule has 8 rings (SSSR count). The first-order chi connectivity index (χ1) is 21.2. The van der Waals surface area contributed by atoms with E-state index in [0.717, 1.165) is 5.02 Å². The minimum atomic E-state index is -0.469. The van der Waals surface area contributed by atoms with Gasteiger partial charge >= 0.3 is 0 Å². The lowest BCUT2D eigenvalue weighted by Gasteiger charge is -2.34. The van der Waals surface area contributed by atoms with Crippen LogP contribution in [0.15, 0.2) is 170 Å². The van der Waals surface area contributed by atoms with Gasteiger partial charge in [-0.25, -0.2) is 0 Å². The molecule has 1 aliphatic rings. The molecular weight excluding hydrogens is 540 g/mol. The standard InChI is InChI=1S/C42H29Cl/c43-35-21-12-16-31(27-35)40(30-14-4-1-5-15-30)32-23-25-37-39(28-32)42(33-17-6-2-7-18-33,34-19-8-3-9-20-34)38-26-24-29-13-10-11-22-36(29)41(37)38/h1-28,40H. The smallest absolute Gasteiger partial charge is 0.0713 e. The van der Waals surface area contributed by atoms with Gasteiger partial charge in [0.25, 0.3) is 0 Å². The van der Waals surface area contributed by atoms with Crippen LogP contribution >= 0.6 is 11.6 Å².